The SMILES string of the molecule is COc1ccc(N2CCCN(CC(=O)N3CCN(c4ccc(OC)cc4)CC3)CC2)cc1. The second kappa shape index (κ2) is 10.6. The molecule has 32 heavy (non-hydrogen) atoms. The Balaban J connectivity index is 1.24. The number of benzene rings is 2. The van der Waals surface area contributed by atoms with Crippen molar-refractivity contribution in [2.45, 2.75) is 6.42 Å². The normalized spacial score (nSPS) is 17.8. The highest BCUT2D eigenvalue weighted by Crippen LogP contribution is 2.22. The number of methoxy groups -OCH3 is 2. The van der Waals surface area contributed by atoms with Gasteiger partial charge in [-0.15, -0.1) is 0 Å². The van der Waals surface area contributed by atoms with Crippen LogP contribution < -0.4 is 19.3 Å². The number of carbonyl (C=O) groups is 1. The lowest BCUT2D eigenvalue weighted by atomic mass is 10.2. The smallest absolute Gasteiger partial charge is 0.236 e. The summed E-state index contributed by atoms with van der Waals surface area (Å²) in [7, 11) is 3.37. The first-order chi connectivity index (χ1) is 15.7. The summed E-state index contributed by atoms with van der Waals surface area (Å²) in [5, 5.41) is 0. The van der Waals surface area contributed by atoms with E-state index in [1.807, 2.05) is 29.2 Å². The minimum Gasteiger partial charge on any atom is -0.497 e. The molecule has 0 radical (unpaired) electrons. The van der Waals surface area contributed by atoms with Crippen LogP contribution in [0.1, 0.15) is 6.42 Å². The maximum absolute atomic E-state index is 12.9. The number of hydrogen-bond acceptors (Lipinski definition) is 6. The maximum atomic E-state index is 12.9. The van der Waals surface area contributed by atoms with Gasteiger partial charge in [-0.25, -0.2) is 0 Å². The number of carbonyl (C=O) groups excluding carboxylic acids is 1. The largest absolute Gasteiger partial charge is 0.497 e. The van der Waals surface area contributed by atoms with Crippen molar-refractivity contribution in [2.24, 2.45) is 0 Å². The molecule has 2 aromatic rings. The third-order valence-electron chi connectivity index (χ3n) is 6.45. The van der Waals surface area contributed by atoms with Crippen molar-refractivity contribution in [3.63, 3.8) is 0 Å². The fourth-order valence-corrected chi connectivity index (χ4v) is 4.48. The lowest BCUT2D eigenvalue weighted by Gasteiger charge is -2.37. The first kappa shape index (κ1) is 22.3. The second-order valence-electron chi connectivity index (χ2n) is 8.38. The zero-order valence-electron chi connectivity index (χ0n) is 19.2. The summed E-state index contributed by atoms with van der Waals surface area (Å²) in [6.45, 7) is 7.61. The van der Waals surface area contributed by atoms with E-state index in [9.17, 15) is 4.79 Å². The molecule has 7 nitrogen and oxygen atoms in total. The Morgan fingerprint density at radius 2 is 1.19 bits per heavy atom. The van der Waals surface area contributed by atoms with Gasteiger partial charge in [0.15, 0.2) is 0 Å². The van der Waals surface area contributed by atoms with Crippen molar-refractivity contribution in [3.05, 3.63) is 48.5 Å². The number of amides is 1. The molecule has 0 spiro atoms. The zero-order chi connectivity index (χ0) is 22.3. The van der Waals surface area contributed by atoms with Gasteiger partial charge in [0.05, 0.1) is 20.8 Å². The molecule has 172 valence electrons. The maximum Gasteiger partial charge on any atom is 0.236 e. The van der Waals surface area contributed by atoms with Gasteiger partial charge in [0.1, 0.15) is 11.5 Å². The molecule has 0 N–H and O–H groups in total. The molecule has 2 aliphatic heterocycles. The van der Waals surface area contributed by atoms with Crippen molar-refractivity contribution in [1.82, 2.24) is 9.80 Å². The van der Waals surface area contributed by atoms with Crippen LogP contribution in [-0.4, -0.2) is 88.8 Å². The third kappa shape index (κ3) is 5.46. The molecule has 2 saturated heterocycles. The van der Waals surface area contributed by atoms with Crippen molar-refractivity contribution in [2.75, 3.05) is 82.9 Å². The van der Waals surface area contributed by atoms with Crippen molar-refractivity contribution >= 4 is 17.3 Å². The van der Waals surface area contributed by atoms with Gasteiger partial charge in [0.2, 0.25) is 5.91 Å². The van der Waals surface area contributed by atoms with Crippen LogP contribution in [0, 0.1) is 0 Å². The summed E-state index contributed by atoms with van der Waals surface area (Å²) in [5.41, 5.74) is 2.40. The number of piperazine rings is 1. The Morgan fingerprint density at radius 1 is 0.688 bits per heavy atom. The van der Waals surface area contributed by atoms with Gasteiger partial charge >= 0.3 is 0 Å². The third-order valence-corrected chi connectivity index (χ3v) is 6.45. The predicted molar refractivity (Wildman–Crippen MR) is 128 cm³/mol. The van der Waals surface area contributed by atoms with Gasteiger partial charge in [-0.1, -0.05) is 0 Å². The fourth-order valence-electron chi connectivity index (χ4n) is 4.48. The highest BCUT2D eigenvalue weighted by atomic mass is 16.5. The van der Waals surface area contributed by atoms with Crippen LogP contribution >= 0.6 is 0 Å². The highest BCUT2D eigenvalue weighted by Gasteiger charge is 2.24. The number of rotatable bonds is 6. The second-order valence-corrected chi connectivity index (χ2v) is 8.38. The van der Waals surface area contributed by atoms with Gasteiger partial charge in [0, 0.05) is 63.7 Å². The Bertz CT molecular complexity index is 864. The number of anilines is 2. The Hall–Kier alpha value is -2.93. The van der Waals surface area contributed by atoms with E-state index in [2.05, 4.69) is 39.0 Å². The monoisotopic (exact) mass is 438 g/mol. The molecule has 4 rings (SSSR count). The van der Waals surface area contributed by atoms with Crippen LogP contribution in [0.5, 0.6) is 11.5 Å². The molecular formula is C25H34N4O3. The van der Waals surface area contributed by atoms with Crippen molar-refractivity contribution in [3.8, 4) is 11.5 Å². The summed E-state index contributed by atoms with van der Waals surface area (Å²) in [6.07, 6.45) is 1.06. The topological polar surface area (TPSA) is 48.5 Å². The van der Waals surface area contributed by atoms with E-state index < -0.39 is 0 Å². The Morgan fingerprint density at radius 3 is 1.72 bits per heavy atom. The van der Waals surface area contributed by atoms with E-state index in [4.69, 9.17) is 9.47 Å². The molecule has 7 heteroatoms. The van der Waals surface area contributed by atoms with Crippen LogP contribution in [0.25, 0.3) is 0 Å². The summed E-state index contributed by atoms with van der Waals surface area (Å²) in [5.74, 6) is 1.99. The number of hydrogen-bond donors (Lipinski definition) is 0. The van der Waals surface area contributed by atoms with Crippen LogP contribution in [0.15, 0.2) is 48.5 Å². The number of nitrogens with zero attached hydrogens (tertiary/aromatic N) is 4. The molecule has 0 saturated carbocycles. The van der Waals surface area contributed by atoms with Crippen LogP contribution in [0.4, 0.5) is 11.4 Å². The molecule has 2 aliphatic rings. The average Bonchev–Trinajstić information content (AvgIpc) is 3.10. The van der Waals surface area contributed by atoms with Crippen molar-refractivity contribution in [1.29, 1.82) is 0 Å². The predicted octanol–water partition coefficient (Wildman–Crippen LogP) is 2.56. The van der Waals surface area contributed by atoms with Crippen LogP contribution in [-0.2, 0) is 4.79 Å². The van der Waals surface area contributed by atoms with E-state index in [0.717, 1.165) is 70.3 Å². The van der Waals surface area contributed by atoms with E-state index in [1.165, 1.54) is 11.4 Å². The lowest BCUT2D eigenvalue weighted by molar-refractivity contribution is -0.132. The molecule has 0 aromatic heterocycles. The van der Waals surface area contributed by atoms with E-state index in [1.54, 1.807) is 14.2 Å². The van der Waals surface area contributed by atoms with Gasteiger partial charge in [-0.2, -0.15) is 0 Å². The number of ether oxygens (including phenoxy) is 2. The van der Waals surface area contributed by atoms with E-state index >= 15 is 0 Å². The zero-order valence-corrected chi connectivity index (χ0v) is 19.2. The lowest BCUT2D eigenvalue weighted by Crippen LogP contribution is -2.51. The Labute approximate surface area is 191 Å². The summed E-state index contributed by atoms with van der Waals surface area (Å²) < 4.78 is 10.5. The summed E-state index contributed by atoms with van der Waals surface area (Å²) in [4.78, 5) is 22.0. The van der Waals surface area contributed by atoms with Gasteiger partial charge in [-0.3, -0.25) is 9.69 Å². The highest BCUT2D eigenvalue weighted by molar-refractivity contribution is 5.78. The Kier molecular flexibility index (Phi) is 7.37. The molecule has 2 fully saturated rings. The molecule has 0 atom stereocenters. The minimum absolute atomic E-state index is 0.247. The molecule has 2 aromatic carbocycles. The van der Waals surface area contributed by atoms with Gasteiger partial charge < -0.3 is 24.2 Å². The first-order valence-electron chi connectivity index (χ1n) is 11.4. The summed E-state index contributed by atoms with van der Waals surface area (Å²) in [6, 6.07) is 16.4. The standard InChI is InChI=1S/C25H34N4O3/c1-31-23-8-4-21(5-9-23)27-13-3-12-26(14-15-27)20-25(30)29-18-16-28(17-19-29)22-6-10-24(32-2)11-7-22/h4-11H,3,12-20H2,1-2H3. The molecule has 0 bridgehead atoms. The molecule has 0 aliphatic carbocycles. The molecular weight excluding hydrogens is 404 g/mol. The molecule has 1 amide bonds. The quantitative estimate of drug-likeness (QED) is 0.691. The summed E-state index contributed by atoms with van der Waals surface area (Å²) >= 11 is 0. The van der Waals surface area contributed by atoms with Crippen LogP contribution in [0.2, 0.25) is 0 Å². The van der Waals surface area contributed by atoms with Crippen LogP contribution in [0.3, 0.4) is 0 Å². The van der Waals surface area contributed by atoms with E-state index in [0.29, 0.717) is 6.54 Å². The minimum atomic E-state index is 0.247. The van der Waals surface area contributed by atoms with Crippen molar-refractivity contribution < 1.29 is 14.3 Å². The molecule has 0 unspecified atom stereocenters. The average molecular weight is 439 g/mol. The first-order valence-corrected chi connectivity index (χ1v) is 11.4. The van der Waals surface area contributed by atoms with Gasteiger partial charge in [0.25, 0.3) is 0 Å². The van der Waals surface area contributed by atoms with E-state index in [-0.39, 0.29) is 5.91 Å². The van der Waals surface area contributed by atoms with Gasteiger partial charge in [-0.05, 0) is 55.0 Å². The molecule has 2 heterocycles. The fraction of sp³-hybridized carbons (Fsp3) is 0.480.